The van der Waals surface area contributed by atoms with Crippen molar-refractivity contribution in [2.45, 2.75) is 0 Å². The van der Waals surface area contributed by atoms with Crippen LogP contribution in [0.4, 0.5) is 0 Å². The van der Waals surface area contributed by atoms with Gasteiger partial charge in [0.1, 0.15) is 0 Å². The molecule has 0 unspecified atom stereocenters. The van der Waals surface area contributed by atoms with Gasteiger partial charge in [0, 0.05) is 15.9 Å². The molecule has 0 aliphatic heterocycles. The van der Waals surface area contributed by atoms with Gasteiger partial charge in [-0.15, -0.1) is 0 Å². The minimum absolute atomic E-state index is 0.813. The average Bonchev–Trinajstić information content (AvgIpc) is 3.26. The maximum Gasteiger partial charge on any atom is 0.171 e. The lowest BCUT2D eigenvalue weighted by Crippen LogP contribution is -2.25. The summed E-state index contributed by atoms with van der Waals surface area (Å²) in [6, 6.07) is 74.4. The monoisotopic (exact) mass is 706 g/mol. The van der Waals surface area contributed by atoms with Crippen molar-refractivity contribution in [3.8, 4) is 33.4 Å². The summed E-state index contributed by atoms with van der Waals surface area (Å²) in [4.78, 5) is 0. The van der Waals surface area contributed by atoms with Crippen LogP contribution in [0.5, 0.6) is 0 Å². The Kier molecular flexibility index (Phi) is 7.83. The third-order valence-corrected chi connectivity index (χ3v) is 14.0. The van der Waals surface area contributed by atoms with Gasteiger partial charge in [-0.3, -0.25) is 0 Å². The van der Waals surface area contributed by atoms with E-state index in [1.54, 1.807) is 0 Å². The molecule has 0 heterocycles. The topological polar surface area (TPSA) is 17.1 Å². The van der Waals surface area contributed by atoms with Crippen LogP contribution in [0, 0.1) is 0 Å². The van der Waals surface area contributed by atoms with E-state index in [1.807, 2.05) is 36.4 Å². The van der Waals surface area contributed by atoms with Crippen molar-refractivity contribution in [2.75, 3.05) is 0 Å². The molecule has 0 atom stereocenters. The lowest BCUT2D eigenvalue weighted by molar-refractivity contribution is 0.592. The second-order valence-electron chi connectivity index (χ2n) is 14.0. The molecule has 0 saturated carbocycles. The summed E-state index contributed by atoms with van der Waals surface area (Å²) >= 11 is 0. The molecule has 254 valence electrons. The van der Waals surface area contributed by atoms with Gasteiger partial charge < -0.3 is 4.57 Å². The van der Waals surface area contributed by atoms with Gasteiger partial charge in [-0.2, -0.15) is 0 Å². The number of hydrogen-bond donors (Lipinski definition) is 0. The van der Waals surface area contributed by atoms with Crippen LogP contribution in [-0.2, 0) is 4.57 Å². The molecule has 0 N–H and O–H groups in total. The highest BCUT2D eigenvalue weighted by molar-refractivity contribution is 7.85. The molecule has 54 heavy (non-hydrogen) atoms. The van der Waals surface area contributed by atoms with Crippen LogP contribution < -0.4 is 15.9 Å². The van der Waals surface area contributed by atoms with E-state index in [9.17, 15) is 0 Å². The standard InChI is InChI=1S/C52H35OP/c53-54(41-29-23-38(24-30-41)36-13-3-1-4-14-36,42-31-25-39(26-32-42)37-15-5-2-6-16-37)43-33-27-40(28-34-43)50-35-51-46-19-8-7-17-44(46)45-18-9-11-21-48(45)52(51)49-22-12-10-20-47(49)50/h1-35H. The molecule has 10 aromatic rings. The number of benzene rings is 10. The first-order chi connectivity index (χ1) is 26.7. The largest absolute Gasteiger partial charge is 0.309 e. The third-order valence-electron chi connectivity index (χ3n) is 11.0. The van der Waals surface area contributed by atoms with E-state index in [0.717, 1.165) is 43.7 Å². The lowest BCUT2D eigenvalue weighted by atomic mass is 9.87. The first-order valence-electron chi connectivity index (χ1n) is 18.4. The Labute approximate surface area is 315 Å². The Morgan fingerprint density at radius 1 is 0.259 bits per heavy atom. The summed E-state index contributed by atoms with van der Waals surface area (Å²) < 4.78 is 15.8. The van der Waals surface area contributed by atoms with Crippen molar-refractivity contribution in [1.29, 1.82) is 0 Å². The van der Waals surface area contributed by atoms with Crippen molar-refractivity contribution >= 4 is 66.1 Å². The van der Waals surface area contributed by atoms with Crippen LogP contribution in [0.3, 0.4) is 0 Å². The molecular weight excluding hydrogens is 672 g/mol. The van der Waals surface area contributed by atoms with Crippen LogP contribution in [-0.4, -0.2) is 0 Å². The summed E-state index contributed by atoms with van der Waals surface area (Å²) in [5, 5.41) is 12.4. The van der Waals surface area contributed by atoms with Crippen LogP contribution in [0.25, 0.3) is 76.5 Å². The highest BCUT2D eigenvalue weighted by Gasteiger charge is 2.30. The Morgan fingerprint density at radius 2 is 0.574 bits per heavy atom. The Balaban J connectivity index is 1.14. The lowest BCUT2D eigenvalue weighted by Gasteiger charge is -2.21. The fourth-order valence-corrected chi connectivity index (χ4v) is 10.9. The Hall–Kier alpha value is -6.53. The van der Waals surface area contributed by atoms with Gasteiger partial charge >= 0.3 is 0 Å². The number of fused-ring (bicyclic) bond motifs is 8. The summed E-state index contributed by atoms with van der Waals surface area (Å²) in [5.41, 5.74) is 6.74. The van der Waals surface area contributed by atoms with Crippen molar-refractivity contribution in [2.24, 2.45) is 0 Å². The Morgan fingerprint density at radius 3 is 1.04 bits per heavy atom. The van der Waals surface area contributed by atoms with Crippen LogP contribution in [0.2, 0.25) is 0 Å². The molecule has 0 bridgehead atoms. The molecule has 0 fully saturated rings. The molecule has 0 amide bonds. The zero-order valence-electron chi connectivity index (χ0n) is 29.6. The quantitative estimate of drug-likeness (QED) is 0.124. The molecule has 10 rings (SSSR count). The molecule has 0 aliphatic rings. The smallest absolute Gasteiger partial charge is 0.171 e. The zero-order chi connectivity index (χ0) is 36.1. The van der Waals surface area contributed by atoms with Gasteiger partial charge in [-0.05, 0) is 82.5 Å². The van der Waals surface area contributed by atoms with Crippen molar-refractivity contribution in [3.05, 3.63) is 212 Å². The number of rotatable bonds is 6. The SMILES string of the molecule is O=P(c1ccc(-c2ccccc2)cc1)(c1ccc(-c2ccccc2)cc1)c1ccc(-c2cc3c4ccccc4c4ccccc4c3c3ccccc23)cc1. The van der Waals surface area contributed by atoms with E-state index in [1.165, 1.54) is 48.7 Å². The van der Waals surface area contributed by atoms with Crippen molar-refractivity contribution in [1.82, 2.24) is 0 Å². The first-order valence-corrected chi connectivity index (χ1v) is 20.2. The molecule has 0 radical (unpaired) electrons. The molecule has 0 aromatic heterocycles. The highest BCUT2D eigenvalue weighted by Crippen LogP contribution is 2.45. The van der Waals surface area contributed by atoms with Crippen molar-refractivity contribution < 1.29 is 4.57 Å². The average molecular weight is 707 g/mol. The summed E-state index contributed by atoms with van der Waals surface area (Å²) in [5.74, 6) is 0. The van der Waals surface area contributed by atoms with E-state index in [0.29, 0.717) is 0 Å². The third kappa shape index (κ3) is 5.28. The maximum absolute atomic E-state index is 15.8. The minimum atomic E-state index is -3.26. The maximum atomic E-state index is 15.8. The fraction of sp³-hybridized carbons (Fsp3) is 0. The summed E-state index contributed by atoms with van der Waals surface area (Å²) in [7, 11) is -3.26. The van der Waals surface area contributed by atoms with E-state index in [4.69, 9.17) is 0 Å². The molecule has 1 nitrogen and oxygen atoms in total. The second kappa shape index (κ2) is 13.2. The van der Waals surface area contributed by atoms with Gasteiger partial charge in [-0.1, -0.05) is 206 Å². The fourth-order valence-electron chi connectivity index (χ4n) is 8.29. The molecular formula is C52H35OP. The van der Waals surface area contributed by atoms with E-state index >= 15 is 4.57 Å². The van der Waals surface area contributed by atoms with E-state index < -0.39 is 7.14 Å². The second-order valence-corrected chi connectivity index (χ2v) is 16.7. The molecule has 2 heteroatoms. The van der Waals surface area contributed by atoms with Gasteiger partial charge in [0.05, 0.1) is 0 Å². The van der Waals surface area contributed by atoms with Gasteiger partial charge in [-0.25, -0.2) is 0 Å². The minimum Gasteiger partial charge on any atom is -0.309 e. The molecule has 0 saturated heterocycles. The Bertz CT molecular complexity index is 2930. The zero-order valence-corrected chi connectivity index (χ0v) is 30.5. The first kappa shape index (κ1) is 32.1. The number of hydrogen-bond acceptors (Lipinski definition) is 1. The molecule has 10 aromatic carbocycles. The normalized spacial score (nSPS) is 11.8. The summed E-state index contributed by atoms with van der Waals surface area (Å²) in [6.07, 6.45) is 0. The van der Waals surface area contributed by atoms with E-state index in [-0.39, 0.29) is 0 Å². The van der Waals surface area contributed by atoms with Crippen LogP contribution >= 0.6 is 7.14 Å². The van der Waals surface area contributed by atoms with E-state index in [2.05, 4.69) is 176 Å². The summed E-state index contributed by atoms with van der Waals surface area (Å²) in [6.45, 7) is 0. The van der Waals surface area contributed by atoms with Gasteiger partial charge in [0.2, 0.25) is 0 Å². The molecule has 0 spiro atoms. The van der Waals surface area contributed by atoms with Gasteiger partial charge in [0.15, 0.2) is 7.14 Å². The predicted octanol–water partition coefficient (Wildman–Crippen LogP) is 12.9. The molecule has 0 aliphatic carbocycles. The van der Waals surface area contributed by atoms with Crippen LogP contribution in [0.1, 0.15) is 0 Å². The highest BCUT2D eigenvalue weighted by atomic mass is 31.2. The van der Waals surface area contributed by atoms with Crippen molar-refractivity contribution in [3.63, 3.8) is 0 Å². The van der Waals surface area contributed by atoms with Gasteiger partial charge in [0.25, 0.3) is 0 Å². The van der Waals surface area contributed by atoms with Crippen LogP contribution in [0.15, 0.2) is 212 Å². The predicted molar refractivity (Wildman–Crippen MR) is 232 cm³/mol.